The molecule has 0 spiro atoms. The van der Waals surface area contributed by atoms with E-state index in [1.165, 1.54) is 30.5 Å². The third-order valence-electron chi connectivity index (χ3n) is 5.30. The molecule has 3 aliphatic rings. The summed E-state index contributed by atoms with van der Waals surface area (Å²) in [5, 5.41) is 0. The van der Waals surface area contributed by atoms with E-state index in [1.54, 1.807) is 0 Å². The van der Waals surface area contributed by atoms with Crippen molar-refractivity contribution in [2.45, 2.75) is 44.6 Å². The summed E-state index contributed by atoms with van der Waals surface area (Å²) in [6, 6.07) is 9.06. The van der Waals surface area contributed by atoms with Gasteiger partial charge in [0, 0.05) is 24.1 Å². The Kier molecular flexibility index (Phi) is 2.12. The maximum absolute atomic E-state index is 12.3. The van der Waals surface area contributed by atoms with E-state index in [9.17, 15) is 4.79 Å². The van der Waals surface area contributed by atoms with Crippen molar-refractivity contribution in [2.75, 3.05) is 4.90 Å². The van der Waals surface area contributed by atoms with Gasteiger partial charge < -0.3 is 4.90 Å². The quantitative estimate of drug-likeness (QED) is 0.738. The molecule has 0 saturated heterocycles. The van der Waals surface area contributed by atoms with Gasteiger partial charge in [0.05, 0.1) is 0 Å². The van der Waals surface area contributed by atoms with Crippen molar-refractivity contribution >= 4 is 11.6 Å². The second-order valence-electron chi connectivity index (χ2n) is 6.03. The van der Waals surface area contributed by atoms with Crippen LogP contribution in [0.4, 0.5) is 5.69 Å². The maximum atomic E-state index is 12.3. The van der Waals surface area contributed by atoms with Crippen LogP contribution < -0.4 is 4.90 Å². The van der Waals surface area contributed by atoms with Gasteiger partial charge in [-0.25, -0.2) is 0 Å². The molecular weight excluding hydrogens is 222 g/mol. The predicted molar refractivity (Wildman–Crippen MR) is 71.6 cm³/mol. The van der Waals surface area contributed by atoms with Crippen LogP contribution in [0.3, 0.4) is 0 Å². The number of carbonyl (C=O) groups is 1. The first-order valence-electron chi connectivity index (χ1n) is 7.22. The Balaban J connectivity index is 1.86. The minimum atomic E-state index is 0.308. The molecule has 1 aromatic rings. The lowest BCUT2D eigenvalue weighted by Crippen LogP contribution is -2.42. The fourth-order valence-corrected chi connectivity index (χ4v) is 4.69. The van der Waals surface area contributed by atoms with Crippen LogP contribution in [0.25, 0.3) is 0 Å². The molecule has 0 unspecified atom stereocenters. The van der Waals surface area contributed by atoms with Crippen LogP contribution in [0.2, 0.25) is 0 Å². The van der Waals surface area contributed by atoms with E-state index >= 15 is 0 Å². The monoisotopic (exact) mass is 241 g/mol. The van der Waals surface area contributed by atoms with E-state index in [0.29, 0.717) is 24.3 Å². The SMILES string of the molecule is CCC(=O)N1c2ccccc2[C@@H]2[C@H]3CC[C@H](C3)[C@@H]21. The van der Waals surface area contributed by atoms with Crippen molar-refractivity contribution in [2.24, 2.45) is 11.8 Å². The molecule has 0 radical (unpaired) electrons. The molecule has 18 heavy (non-hydrogen) atoms. The molecule has 2 fully saturated rings. The van der Waals surface area contributed by atoms with Crippen molar-refractivity contribution < 1.29 is 4.79 Å². The lowest BCUT2D eigenvalue weighted by atomic mass is 9.82. The number of fused-ring (bicyclic) bond motifs is 7. The molecule has 4 atom stereocenters. The van der Waals surface area contributed by atoms with E-state index in [-0.39, 0.29) is 0 Å². The Morgan fingerprint density at radius 1 is 1.28 bits per heavy atom. The fourth-order valence-electron chi connectivity index (χ4n) is 4.69. The zero-order valence-corrected chi connectivity index (χ0v) is 10.8. The van der Waals surface area contributed by atoms with Crippen LogP contribution in [-0.4, -0.2) is 11.9 Å². The van der Waals surface area contributed by atoms with Crippen molar-refractivity contribution in [1.29, 1.82) is 0 Å². The Morgan fingerprint density at radius 2 is 2.06 bits per heavy atom. The first kappa shape index (κ1) is 10.6. The van der Waals surface area contributed by atoms with Gasteiger partial charge in [0.15, 0.2) is 0 Å². The number of anilines is 1. The number of para-hydroxylation sites is 1. The van der Waals surface area contributed by atoms with E-state index in [2.05, 4.69) is 29.2 Å². The minimum absolute atomic E-state index is 0.308. The highest BCUT2D eigenvalue weighted by Crippen LogP contribution is 2.60. The van der Waals surface area contributed by atoms with Gasteiger partial charge in [-0.15, -0.1) is 0 Å². The highest BCUT2D eigenvalue weighted by Gasteiger charge is 2.55. The Bertz CT molecular complexity index is 510. The number of amides is 1. The average Bonchev–Trinajstić information content (AvgIpc) is 3.08. The second-order valence-corrected chi connectivity index (χ2v) is 6.03. The third-order valence-corrected chi connectivity index (χ3v) is 5.30. The normalized spacial score (nSPS) is 35.7. The molecule has 94 valence electrons. The highest BCUT2D eigenvalue weighted by atomic mass is 16.2. The summed E-state index contributed by atoms with van der Waals surface area (Å²) in [4.78, 5) is 14.5. The molecule has 2 saturated carbocycles. The number of hydrogen-bond acceptors (Lipinski definition) is 1. The van der Waals surface area contributed by atoms with Gasteiger partial charge in [-0.05, 0) is 42.7 Å². The van der Waals surface area contributed by atoms with Crippen molar-refractivity contribution in [1.82, 2.24) is 0 Å². The molecule has 1 aliphatic heterocycles. The topological polar surface area (TPSA) is 20.3 Å². The largest absolute Gasteiger partial charge is 0.308 e. The molecule has 0 aromatic heterocycles. The molecule has 2 nitrogen and oxygen atoms in total. The van der Waals surface area contributed by atoms with Crippen molar-refractivity contribution in [3.05, 3.63) is 29.8 Å². The molecule has 2 bridgehead atoms. The van der Waals surface area contributed by atoms with Gasteiger partial charge in [0.2, 0.25) is 5.91 Å². The van der Waals surface area contributed by atoms with Crippen LogP contribution in [0.5, 0.6) is 0 Å². The zero-order valence-electron chi connectivity index (χ0n) is 10.8. The van der Waals surface area contributed by atoms with Gasteiger partial charge >= 0.3 is 0 Å². The smallest absolute Gasteiger partial charge is 0.226 e. The summed E-state index contributed by atoms with van der Waals surface area (Å²) in [6.45, 7) is 1.98. The van der Waals surface area contributed by atoms with Crippen molar-refractivity contribution in [3.63, 3.8) is 0 Å². The molecule has 4 rings (SSSR count). The molecule has 2 heteroatoms. The van der Waals surface area contributed by atoms with E-state index in [1.807, 2.05) is 6.92 Å². The maximum Gasteiger partial charge on any atom is 0.226 e. The Hall–Kier alpha value is -1.31. The molecule has 0 N–H and O–H groups in total. The number of rotatable bonds is 1. The van der Waals surface area contributed by atoms with Gasteiger partial charge in [-0.2, -0.15) is 0 Å². The minimum Gasteiger partial charge on any atom is -0.308 e. The van der Waals surface area contributed by atoms with Crippen LogP contribution in [0.1, 0.15) is 44.1 Å². The number of carbonyl (C=O) groups excluding carboxylic acids is 1. The summed E-state index contributed by atoms with van der Waals surface area (Å²) in [7, 11) is 0. The number of nitrogens with zero attached hydrogens (tertiary/aromatic N) is 1. The Morgan fingerprint density at radius 3 is 2.89 bits per heavy atom. The summed E-state index contributed by atoms with van der Waals surface area (Å²) < 4.78 is 0. The number of benzene rings is 1. The van der Waals surface area contributed by atoms with Crippen LogP contribution in [0, 0.1) is 11.8 Å². The molecule has 2 aliphatic carbocycles. The average molecular weight is 241 g/mol. The molecular formula is C16H19NO. The lowest BCUT2D eigenvalue weighted by Gasteiger charge is -2.32. The van der Waals surface area contributed by atoms with Crippen LogP contribution >= 0.6 is 0 Å². The first-order chi connectivity index (χ1) is 8.81. The molecule has 1 heterocycles. The zero-order chi connectivity index (χ0) is 12.3. The lowest BCUT2D eigenvalue weighted by molar-refractivity contribution is -0.118. The summed E-state index contributed by atoms with van der Waals surface area (Å²) in [5.74, 6) is 2.52. The van der Waals surface area contributed by atoms with Gasteiger partial charge in [-0.3, -0.25) is 4.79 Å². The summed E-state index contributed by atoms with van der Waals surface area (Å²) >= 11 is 0. The van der Waals surface area contributed by atoms with Gasteiger partial charge in [0.25, 0.3) is 0 Å². The standard InChI is InChI=1S/C16H19NO/c1-2-14(18)17-13-6-4-3-5-12(13)15-10-7-8-11(9-10)16(15)17/h3-6,10-11,15-16H,2,7-9H2,1H3/t10-,11+,15-,16-/m0/s1. The van der Waals surface area contributed by atoms with Crippen molar-refractivity contribution in [3.8, 4) is 0 Å². The van der Waals surface area contributed by atoms with Crippen LogP contribution in [0.15, 0.2) is 24.3 Å². The van der Waals surface area contributed by atoms with Gasteiger partial charge in [-0.1, -0.05) is 25.1 Å². The third kappa shape index (κ3) is 1.16. The highest BCUT2D eigenvalue weighted by molar-refractivity contribution is 5.97. The van der Waals surface area contributed by atoms with E-state index in [4.69, 9.17) is 0 Å². The predicted octanol–water partition coefficient (Wildman–Crippen LogP) is 3.33. The van der Waals surface area contributed by atoms with Gasteiger partial charge in [0.1, 0.15) is 0 Å². The Labute approximate surface area is 108 Å². The number of hydrogen-bond donors (Lipinski definition) is 0. The van der Waals surface area contributed by atoms with E-state index in [0.717, 1.165) is 11.8 Å². The van der Waals surface area contributed by atoms with E-state index < -0.39 is 0 Å². The summed E-state index contributed by atoms with van der Waals surface area (Å²) in [5.41, 5.74) is 2.65. The second kappa shape index (κ2) is 3.59. The fraction of sp³-hybridized carbons (Fsp3) is 0.562. The van der Waals surface area contributed by atoms with Crippen LogP contribution in [-0.2, 0) is 4.79 Å². The molecule has 1 amide bonds. The summed E-state index contributed by atoms with van der Waals surface area (Å²) in [6.07, 6.45) is 4.66. The first-order valence-corrected chi connectivity index (χ1v) is 7.22. The molecule has 1 aromatic carbocycles.